The lowest BCUT2D eigenvalue weighted by molar-refractivity contribution is 0.129. The maximum absolute atomic E-state index is 4.08. The fourth-order valence-corrected chi connectivity index (χ4v) is 7.04. The molecule has 6 aliphatic rings. The highest BCUT2D eigenvalue weighted by Gasteiger charge is 2.67. The Hall–Kier alpha value is -0.0800. The molecule has 2 heteroatoms. The predicted molar refractivity (Wildman–Crippen MR) is 100.0 cm³/mol. The highest BCUT2D eigenvalue weighted by Crippen LogP contribution is 2.70. The third kappa shape index (κ3) is 2.76. The van der Waals surface area contributed by atoms with Crippen LogP contribution in [0.1, 0.15) is 84.0 Å². The van der Waals surface area contributed by atoms with Crippen LogP contribution in [0, 0.1) is 28.6 Å². The van der Waals surface area contributed by atoms with Crippen LogP contribution in [0.2, 0.25) is 0 Å². The van der Waals surface area contributed by atoms with Crippen molar-refractivity contribution in [3.63, 3.8) is 0 Å². The van der Waals surface area contributed by atoms with Crippen molar-refractivity contribution in [1.82, 2.24) is 10.6 Å². The monoisotopic (exact) mass is 330 g/mol. The summed E-state index contributed by atoms with van der Waals surface area (Å²) in [6.45, 7) is 2.57. The molecular formula is C22H38N2. The molecule has 6 unspecified atom stereocenters. The lowest BCUT2D eigenvalue weighted by Gasteiger charge is -2.39. The highest BCUT2D eigenvalue weighted by atomic mass is 15.1. The van der Waals surface area contributed by atoms with Gasteiger partial charge >= 0.3 is 0 Å². The zero-order valence-corrected chi connectivity index (χ0v) is 15.9. The first-order valence-electron chi connectivity index (χ1n) is 11.0. The van der Waals surface area contributed by atoms with Gasteiger partial charge in [0.15, 0.2) is 0 Å². The molecule has 0 aromatic heterocycles. The third-order valence-corrected chi connectivity index (χ3v) is 8.97. The topological polar surface area (TPSA) is 24.1 Å². The molecule has 0 radical (unpaired) electrons. The van der Waals surface area contributed by atoms with E-state index >= 15 is 0 Å². The molecule has 1 spiro atoms. The van der Waals surface area contributed by atoms with Crippen LogP contribution >= 0.6 is 0 Å². The summed E-state index contributed by atoms with van der Waals surface area (Å²) < 4.78 is 0. The highest BCUT2D eigenvalue weighted by molar-refractivity contribution is 5.20. The van der Waals surface area contributed by atoms with Gasteiger partial charge in [0.05, 0.1) is 0 Å². The van der Waals surface area contributed by atoms with Gasteiger partial charge in [-0.05, 0) is 93.4 Å². The number of nitrogens with one attached hydrogen (secondary N) is 2. The van der Waals surface area contributed by atoms with E-state index < -0.39 is 0 Å². The van der Waals surface area contributed by atoms with E-state index in [1.54, 1.807) is 6.42 Å². The molecule has 2 aliphatic heterocycles. The van der Waals surface area contributed by atoms with Crippen LogP contribution in [-0.4, -0.2) is 25.2 Å². The van der Waals surface area contributed by atoms with Crippen molar-refractivity contribution in [3.05, 3.63) is 0 Å². The molecule has 24 heavy (non-hydrogen) atoms. The molecular weight excluding hydrogens is 292 g/mol. The molecule has 4 aliphatic carbocycles. The molecule has 0 aromatic carbocycles. The Morgan fingerprint density at radius 3 is 2.58 bits per heavy atom. The Kier molecular flexibility index (Phi) is 3.83. The maximum atomic E-state index is 4.08. The van der Waals surface area contributed by atoms with E-state index in [1.807, 2.05) is 0 Å². The van der Waals surface area contributed by atoms with Crippen LogP contribution in [0.15, 0.2) is 0 Å². The summed E-state index contributed by atoms with van der Waals surface area (Å²) in [6.07, 6.45) is 17.9. The summed E-state index contributed by atoms with van der Waals surface area (Å²) in [5.74, 6) is 3.13. The summed E-state index contributed by atoms with van der Waals surface area (Å²) in [5.41, 5.74) is 1.47. The second kappa shape index (κ2) is 5.71. The molecule has 2 saturated heterocycles. The fraction of sp³-hybridized carbons (Fsp3) is 1.00. The minimum absolute atomic E-state index is 0.652. The van der Waals surface area contributed by atoms with E-state index in [4.69, 9.17) is 0 Å². The molecule has 2 N–H and O–H groups in total. The molecule has 4 saturated carbocycles. The van der Waals surface area contributed by atoms with Crippen molar-refractivity contribution in [2.75, 3.05) is 7.05 Å². The van der Waals surface area contributed by atoms with Crippen molar-refractivity contribution in [3.8, 4) is 0 Å². The van der Waals surface area contributed by atoms with Gasteiger partial charge in [-0.25, -0.2) is 0 Å². The van der Waals surface area contributed by atoms with Gasteiger partial charge < -0.3 is 10.6 Å². The standard InChI is InChI=1S/C22H38N2/c1-21-11-16-8-15(9-16)10-17(23-2)6-4-3-5-7-22-12-18(22)19(13-22)24-20(21)14-21/h15-20,23-24H,3-14H2,1-2H3. The summed E-state index contributed by atoms with van der Waals surface area (Å²) in [6, 6.07) is 2.55. The van der Waals surface area contributed by atoms with Crippen LogP contribution in [0.4, 0.5) is 0 Å². The van der Waals surface area contributed by atoms with E-state index in [0.717, 1.165) is 41.3 Å². The molecule has 4 bridgehead atoms. The molecule has 2 nitrogen and oxygen atoms in total. The van der Waals surface area contributed by atoms with Crippen molar-refractivity contribution in [2.45, 2.75) is 102 Å². The number of hydrogen-bond acceptors (Lipinski definition) is 2. The molecule has 136 valence electrons. The summed E-state index contributed by atoms with van der Waals surface area (Å²) in [4.78, 5) is 0. The third-order valence-electron chi connectivity index (χ3n) is 8.97. The van der Waals surface area contributed by atoms with Crippen LogP contribution in [0.25, 0.3) is 0 Å². The van der Waals surface area contributed by atoms with Gasteiger partial charge in [0.2, 0.25) is 0 Å². The van der Waals surface area contributed by atoms with Gasteiger partial charge in [0.25, 0.3) is 0 Å². The second-order valence-electron chi connectivity index (χ2n) is 10.8. The zero-order valence-electron chi connectivity index (χ0n) is 15.9. The van der Waals surface area contributed by atoms with Gasteiger partial charge in [0, 0.05) is 18.1 Å². The molecule has 0 amide bonds. The minimum Gasteiger partial charge on any atom is -0.317 e. The van der Waals surface area contributed by atoms with E-state index in [9.17, 15) is 0 Å². The number of fused-ring (bicyclic) bond motifs is 6. The average Bonchev–Trinajstić information content (AvgIpc) is 3.34. The van der Waals surface area contributed by atoms with E-state index in [1.165, 1.54) is 70.6 Å². The lowest BCUT2D eigenvalue weighted by Crippen LogP contribution is -2.45. The molecule has 6 atom stereocenters. The van der Waals surface area contributed by atoms with Gasteiger partial charge in [0.1, 0.15) is 0 Å². The maximum Gasteiger partial charge on any atom is 0.0130 e. The fourth-order valence-electron chi connectivity index (χ4n) is 7.04. The first kappa shape index (κ1) is 16.1. The van der Waals surface area contributed by atoms with Crippen molar-refractivity contribution >= 4 is 0 Å². The Bertz CT molecular complexity index is 484. The van der Waals surface area contributed by atoms with Gasteiger partial charge in [-0.15, -0.1) is 0 Å². The summed E-state index contributed by atoms with van der Waals surface area (Å²) in [5, 5.41) is 7.70. The van der Waals surface area contributed by atoms with Crippen LogP contribution in [0.3, 0.4) is 0 Å². The Balaban J connectivity index is 1.20. The van der Waals surface area contributed by atoms with Crippen molar-refractivity contribution < 1.29 is 0 Å². The normalized spacial score (nSPS) is 56.8. The molecule has 2 heterocycles. The lowest BCUT2D eigenvalue weighted by atomic mass is 9.68. The number of hydrogen-bond donors (Lipinski definition) is 2. The average molecular weight is 331 g/mol. The number of rotatable bonds is 1. The smallest absolute Gasteiger partial charge is 0.0130 e. The van der Waals surface area contributed by atoms with E-state index in [0.29, 0.717) is 5.41 Å². The molecule has 6 rings (SSSR count). The van der Waals surface area contributed by atoms with E-state index in [-0.39, 0.29) is 0 Å². The predicted octanol–water partition coefficient (Wildman–Crippen LogP) is 4.49. The first-order chi connectivity index (χ1) is 11.6. The first-order valence-corrected chi connectivity index (χ1v) is 11.0. The molecule has 0 aromatic rings. The minimum atomic E-state index is 0.652. The van der Waals surface area contributed by atoms with Crippen LogP contribution in [-0.2, 0) is 0 Å². The summed E-state index contributed by atoms with van der Waals surface area (Å²) >= 11 is 0. The van der Waals surface area contributed by atoms with Gasteiger partial charge in [-0.1, -0.05) is 26.2 Å². The quantitative estimate of drug-likeness (QED) is 0.740. The van der Waals surface area contributed by atoms with Gasteiger partial charge in [-0.2, -0.15) is 0 Å². The Morgan fingerprint density at radius 1 is 0.917 bits per heavy atom. The summed E-state index contributed by atoms with van der Waals surface area (Å²) in [7, 11) is 2.19. The Morgan fingerprint density at radius 2 is 1.79 bits per heavy atom. The molecule has 6 fully saturated rings. The second-order valence-corrected chi connectivity index (χ2v) is 10.8. The zero-order chi connectivity index (χ0) is 16.4. The van der Waals surface area contributed by atoms with Crippen molar-refractivity contribution in [2.24, 2.45) is 28.6 Å². The van der Waals surface area contributed by atoms with Gasteiger partial charge in [-0.3, -0.25) is 0 Å². The SMILES string of the molecule is CNC1CCCCCC23CC(NC4CC4(C)CC4CC(C4)C1)C2C3. The Labute approximate surface area is 148 Å². The largest absolute Gasteiger partial charge is 0.317 e. The van der Waals surface area contributed by atoms with Crippen LogP contribution < -0.4 is 10.6 Å². The van der Waals surface area contributed by atoms with Crippen LogP contribution in [0.5, 0.6) is 0 Å². The van der Waals surface area contributed by atoms with E-state index in [2.05, 4.69) is 24.6 Å². The van der Waals surface area contributed by atoms with Crippen molar-refractivity contribution in [1.29, 1.82) is 0 Å².